The molecule has 0 saturated carbocycles. The van der Waals surface area contributed by atoms with E-state index in [9.17, 15) is 4.79 Å². The predicted molar refractivity (Wildman–Crippen MR) is 60.1 cm³/mol. The molecule has 0 bridgehead atoms. The number of nitrogens with zero attached hydrogens (tertiary/aromatic N) is 2. The van der Waals surface area contributed by atoms with E-state index in [1.807, 2.05) is 6.07 Å². The quantitative estimate of drug-likeness (QED) is 0.844. The van der Waals surface area contributed by atoms with Crippen LogP contribution in [-0.2, 0) is 0 Å². The van der Waals surface area contributed by atoms with E-state index in [1.165, 1.54) is 17.4 Å². The maximum atomic E-state index is 11.1. The smallest absolute Gasteiger partial charge is 0.248 e. The van der Waals surface area contributed by atoms with E-state index in [0.717, 1.165) is 15.6 Å². The van der Waals surface area contributed by atoms with Gasteiger partial charge in [0.1, 0.15) is 10.0 Å². The molecule has 0 saturated heterocycles. The van der Waals surface area contributed by atoms with Crippen LogP contribution in [0.4, 0.5) is 0 Å². The van der Waals surface area contributed by atoms with Gasteiger partial charge in [-0.15, -0.1) is 10.2 Å². The highest BCUT2D eigenvalue weighted by molar-refractivity contribution is 7.14. The molecule has 0 spiro atoms. The van der Waals surface area contributed by atoms with Crippen LogP contribution in [0.15, 0.2) is 23.1 Å². The molecule has 15 heavy (non-hydrogen) atoms. The number of rotatable bonds is 2. The predicted octanol–water partition coefficient (Wildman–Crippen LogP) is 2.02. The number of hydrogen-bond donors (Lipinski definition) is 1. The lowest BCUT2D eigenvalue weighted by Crippen LogP contribution is -2.01. The number of aromatic amines is 1. The summed E-state index contributed by atoms with van der Waals surface area (Å²) in [6.45, 7) is 4.14. The van der Waals surface area contributed by atoms with E-state index in [4.69, 9.17) is 0 Å². The van der Waals surface area contributed by atoms with Crippen molar-refractivity contribution >= 4 is 11.3 Å². The average molecular weight is 221 g/mol. The Balaban J connectivity index is 2.41. The van der Waals surface area contributed by atoms with E-state index >= 15 is 0 Å². The number of H-pyrrole nitrogens is 1. The first-order chi connectivity index (χ1) is 7.16. The number of aromatic nitrogens is 3. The standard InChI is InChI=1S/C10H11N3OS/c1-6(2)9-12-13-10(15-9)7-3-4-11-8(14)5-7/h3-6H,1-2H3,(H,11,14). The van der Waals surface area contributed by atoms with Crippen molar-refractivity contribution < 1.29 is 0 Å². The highest BCUT2D eigenvalue weighted by Crippen LogP contribution is 2.25. The van der Waals surface area contributed by atoms with Crippen LogP contribution in [0.25, 0.3) is 10.6 Å². The van der Waals surface area contributed by atoms with Crippen molar-refractivity contribution in [3.8, 4) is 10.6 Å². The van der Waals surface area contributed by atoms with Crippen molar-refractivity contribution in [2.24, 2.45) is 0 Å². The fourth-order valence-corrected chi connectivity index (χ4v) is 2.00. The summed E-state index contributed by atoms with van der Waals surface area (Å²) >= 11 is 1.53. The van der Waals surface area contributed by atoms with Crippen molar-refractivity contribution in [3.05, 3.63) is 33.7 Å². The Kier molecular flexibility index (Phi) is 2.64. The van der Waals surface area contributed by atoms with Crippen molar-refractivity contribution in [1.29, 1.82) is 0 Å². The topological polar surface area (TPSA) is 58.6 Å². The van der Waals surface area contributed by atoms with Crippen LogP contribution in [0.5, 0.6) is 0 Å². The lowest BCUT2D eigenvalue weighted by atomic mass is 10.2. The van der Waals surface area contributed by atoms with Crippen LogP contribution in [0.1, 0.15) is 24.8 Å². The van der Waals surface area contributed by atoms with Gasteiger partial charge in [0.2, 0.25) is 5.56 Å². The molecule has 0 radical (unpaired) electrons. The third-order valence-corrected chi connectivity index (χ3v) is 3.23. The van der Waals surface area contributed by atoms with Gasteiger partial charge < -0.3 is 4.98 Å². The second-order valence-corrected chi connectivity index (χ2v) is 4.55. The fourth-order valence-electron chi connectivity index (χ4n) is 1.16. The summed E-state index contributed by atoms with van der Waals surface area (Å²) in [5, 5.41) is 9.93. The Morgan fingerprint density at radius 2 is 2.20 bits per heavy atom. The summed E-state index contributed by atoms with van der Waals surface area (Å²) in [5.41, 5.74) is 0.706. The average Bonchev–Trinajstić information content (AvgIpc) is 2.66. The van der Waals surface area contributed by atoms with Gasteiger partial charge in [0.05, 0.1) is 0 Å². The van der Waals surface area contributed by atoms with Crippen molar-refractivity contribution in [3.63, 3.8) is 0 Å². The first kappa shape index (κ1) is 10.0. The monoisotopic (exact) mass is 221 g/mol. The van der Waals surface area contributed by atoms with Gasteiger partial charge in [0.25, 0.3) is 0 Å². The Hall–Kier alpha value is -1.49. The lowest BCUT2D eigenvalue weighted by Gasteiger charge is -1.94. The van der Waals surface area contributed by atoms with Crippen molar-refractivity contribution in [2.75, 3.05) is 0 Å². The molecular weight excluding hydrogens is 210 g/mol. The summed E-state index contributed by atoms with van der Waals surface area (Å²) < 4.78 is 0. The zero-order valence-electron chi connectivity index (χ0n) is 8.52. The van der Waals surface area contributed by atoms with E-state index < -0.39 is 0 Å². The van der Waals surface area contributed by atoms with Gasteiger partial charge in [-0.25, -0.2) is 0 Å². The zero-order valence-corrected chi connectivity index (χ0v) is 9.34. The number of hydrogen-bond acceptors (Lipinski definition) is 4. The summed E-state index contributed by atoms with van der Waals surface area (Å²) in [6.07, 6.45) is 1.62. The molecule has 0 fully saturated rings. The normalized spacial score (nSPS) is 10.9. The number of nitrogens with one attached hydrogen (secondary N) is 1. The molecule has 0 atom stereocenters. The molecular formula is C10H11N3OS. The van der Waals surface area contributed by atoms with Gasteiger partial charge in [0, 0.05) is 23.7 Å². The van der Waals surface area contributed by atoms with Crippen molar-refractivity contribution in [2.45, 2.75) is 19.8 Å². The minimum absolute atomic E-state index is 0.117. The molecule has 4 nitrogen and oxygen atoms in total. The molecule has 78 valence electrons. The zero-order chi connectivity index (χ0) is 10.8. The Labute approximate surface area is 91.0 Å². The first-order valence-corrected chi connectivity index (χ1v) is 5.51. The SMILES string of the molecule is CC(C)c1nnc(-c2cc[nH]c(=O)c2)s1. The van der Waals surface area contributed by atoms with Crippen molar-refractivity contribution in [1.82, 2.24) is 15.2 Å². The van der Waals surface area contributed by atoms with Crippen LogP contribution < -0.4 is 5.56 Å². The van der Waals surface area contributed by atoms with Crippen LogP contribution in [-0.4, -0.2) is 15.2 Å². The van der Waals surface area contributed by atoms with Gasteiger partial charge in [-0.1, -0.05) is 25.2 Å². The van der Waals surface area contributed by atoms with Crippen LogP contribution in [0.3, 0.4) is 0 Å². The largest absolute Gasteiger partial charge is 0.329 e. The molecule has 0 aliphatic rings. The van der Waals surface area contributed by atoms with E-state index in [0.29, 0.717) is 5.92 Å². The van der Waals surface area contributed by atoms with E-state index in [1.54, 1.807) is 6.20 Å². The molecule has 2 heterocycles. The molecule has 0 amide bonds. The molecule has 2 rings (SSSR count). The fraction of sp³-hybridized carbons (Fsp3) is 0.300. The maximum absolute atomic E-state index is 11.1. The first-order valence-electron chi connectivity index (χ1n) is 4.69. The van der Waals surface area contributed by atoms with Gasteiger partial charge in [0.15, 0.2) is 0 Å². The molecule has 5 heteroatoms. The Morgan fingerprint density at radius 3 is 2.80 bits per heavy atom. The summed E-state index contributed by atoms with van der Waals surface area (Å²) in [7, 11) is 0. The van der Waals surface area contributed by atoms with E-state index in [-0.39, 0.29) is 5.56 Å². The molecule has 0 aromatic carbocycles. The van der Waals surface area contributed by atoms with Crippen LogP contribution in [0, 0.1) is 0 Å². The lowest BCUT2D eigenvalue weighted by molar-refractivity contribution is 0.825. The van der Waals surface area contributed by atoms with Crippen LogP contribution in [0.2, 0.25) is 0 Å². The Morgan fingerprint density at radius 1 is 1.40 bits per heavy atom. The minimum Gasteiger partial charge on any atom is -0.329 e. The van der Waals surface area contributed by atoms with Gasteiger partial charge in [-0.3, -0.25) is 4.79 Å². The summed E-state index contributed by atoms with van der Waals surface area (Å²) in [5.74, 6) is 0.373. The van der Waals surface area contributed by atoms with Crippen LogP contribution >= 0.6 is 11.3 Å². The van der Waals surface area contributed by atoms with Gasteiger partial charge in [-0.05, 0) is 6.07 Å². The Bertz CT molecular complexity index is 515. The third kappa shape index (κ3) is 2.12. The summed E-state index contributed by atoms with van der Waals surface area (Å²) in [6, 6.07) is 3.36. The van der Waals surface area contributed by atoms with Gasteiger partial charge >= 0.3 is 0 Å². The third-order valence-electron chi connectivity index (χ3n) is 1.96. The van der Waals surface area contributed by atoms with Gasteiger partial charge in [-0.2, -0.15) is 0 Å². The number of pyridine rings is 1. The molecule has 0 aliphatic heterocycles. The molecule has 0 aliphatic carbocycles. The minimum atomic E-state index is -0.117. The highest BCUT2D eigenvalue weighted by Gasteiger charge is 2.09. The second kappa shape index (κ2) is 3.94. The summed E-state index contributed by atoms with van der Waals surface area (Å²) in [4.78, 5) is 13.7. The molecule has 1 N–H and O–H groups in total. The molecule has 2 aromatic rings. The second-order valence-electron chi connectivity index (χ2n) is 3.54. The molecule has 2 aromatic heterocycles. The van der Waals surface area contributed by atoms with E-state index in [2.05, 4.69) is 29.0 Å². The molecule has 0 unspecified atom stereocenters. The maximum Gasteiger partial charge on any atom is 0.248 e. The highest BCUT2D eigenvalue weighted by atomic mass is 32.1.